The normalized spacial score (nSPS) is 23.9. The number of likely N-dealkylation sites (tertiary alicyclic amines) is 1. The minimum absolute atomic E-state index is 0.00977. The van der Waals surface area contributed by atoms with Crippen LogP contribution >= 0.6 is 0 Å². The number of hydrogen-bond donors (Lipinski definition) is 2. The molecule has 2 fully saturated rings. The van der Waals surface area contributed by atoms with Crippen LogP contribution in [-0.2, 0) is 16.1 Å². The number of morpholine rings is 1. The number of amides is 1. The molecule has 0 radical (unpaired) electrons. The number of methoxy groups -OCH3 is 1. The van der Waals surface area contributed by atoms with Crippen molar-refractivity contribution in [2.24, 2.45) is 5.73 Å². The predicted molar refractivity (Wildman–Crippen MR) is 99.8 cm³/mol. The Morgan fingerprint density at radius 3 is 2.78 bits per heavy atom. The quantitative estimate of drug-likeness (QED) is 0.708. The lowest BCUT2D eigenvalue weighted by molar-refractivity contribution is -0.137. The summed E-state index contributed by atoms with van der Waals surface area (Å²) in [5.74, 6) is 1.07. The number of nitrogens with zero attached hydrogens (tertiary/aromatic N) is 2. The molecule has 2 heterocycles. The Balaban J connectivity index is 1.57. The summed E-state index contributed by atoms with van der Waals surface area (Å²) in [6, 6.07) is 5.66. The van der Waals surface area contributed by atoms with Gasteiger partial charge in [-0.15, -0.1) is 0 Å². The largest absolute Gasteiger partial charge is 0.493 e. The molecule has 3 rings (SSSR count). The number of carbonyl (C=O) groups is 1. The van der Waals surface area contributed by atoms with Crippen LogP contribution in [-0.4, -0.2) is 86.1 Å². The molecule has 27 heavy (non-hydrogen) atoms. The second-order valence-corrected chi connectivity index (χ2v) is 7.11. The molecule has 8 heteroatoms. The number of hydrogen-bond acceptors (Lipinski definition) is 7. The van der Waals surface area contributed by atoms with Gasteiger partial charge in [0, 0.05) is 38.8 Å². The molecule has 1 aromatic carbocycles. The highest BCUT2D eigenvalue weighted by Crippen LogP contribution is 2.29. The first-order valence-electron chi connectivity index (χ1n) is 9.36. The van der Waals surface area contributed by atoms with Crippen molar-refractivity contribution in [1.29, 1.82) is 0 Å². The number of rotatable bonds is 6. The monoisotopic (exact) mass is 379 g/mol. The van der Waals surface area contributed by atoms with Crippen molar-refractivity contribution in [3.8, 4) is 11.5 Å². The standard InChI is InChI=1S/C19H29N3O5/c1-25-18-8-14(10-21-11-15(20)9-16(23)12-21)2-3-17(18)27-13-19(24)22-4-6-26-7-5-22/h2-3,8,15-16,23H,4-7,9-13,20H2,1H3/t15-,16+/m0/s1. The Morgan fingerprint density at radius 2 is 2.07 bits per heavy atom. The molecule has 0 aliphatic carbocycles. The van der Waals surface area contributed by atoms with Gasteiger partial charge in [-0.3, -0.25) is 9.69 Å². The van der Waals surface area contributed by atoms with Crippen LogP contribution in [0.3, 0.4) is 0 Å². The molecule has 150 valence electrons. The summed E-state index contributed by atoms with van der Waals surface area (Å²) in [7, 11) is 1.58. The molecule has 2 aliphatic rings. The Bertz CT molecular complexity index is 626. The number of aliphatic hydroxyl groups excluding tert-OH is 1. The van der Waals surface area contributed by atoms with Crippen LogP contribution in [0.15, 0.2) is 18.2 Å². The van der Waals surface area contributed by atoms with Gasteiger partial charge in [0.1, 0.15) is 0 Å². The van der Waals surface area contributed by atoms with Crippen LogP contribution in [0.5, 0.6) is 11.5 Å². The van der Waals surface area contributed by atoms with Gasteiger partial charge >= 0.3 is 0 Å². The van der Waals surface area contributed by atoms with Crippen LogP contribution in [0.2, 0.25) is 0 Å². The Hall–Kier alpha value is -1.87. The van der Waals surface area contributed by atoms with Crippen LogP contribution in [0.1, 0.15) is 12.0 Å². The van der Waals surface area contributed by atoms with E-state index in [-0.39, 0.29) is 24.7 Å². The third-order valence-electron chi connectivity index (χ3n) is 4.89. The van der Waals surface area contributed by atoms with Crippen molar-refractivity contribution in [3.63, 3.8) is 0 Å². The lowest BCUT2D eigenvalue weighted by Gasteiger charge is -2.34. The molecular weight excluding hydrogens is 350 g/mol. The SMILES string of the molecule is COc1cc(CN2C[C@@H](N)C[C@@H](O)C2)ccc1OCC(=O)N1CCOCC1. The van der Waals surface area contributed by atoms with E-state index in [0.29, 0.717) is 57.3 Å². The van der Waals surface area contributed by atoms with Crippen molar-refractivity contribution in [2.45, 2.75) is 25.1 Å². The summed E-state index contributed by atoms with van der Waals surface area (Å²) in [6.07, 6.45) is 0.258. The van der Waals surface area contributed by atoms with E-state index in [1.54, 1.807) is 12.0 Å². The average Bonchev–Trinajstić information content (AvgIpc) is 2.66. The Labute approximate surface area is 159 Å². The second-order valence-electron chi connectivity index (χ2n) is 7.11. The summed E-state index contributed by atoms with van der Waals surface area (Å²) in [5.41, 5.74) is 7.03. The maximum atomic E-state index is 12.2. The number of β-amino-alcohol motifs (C(OH)–C–C–N with tert-alkyl or cyclic N) is 1. The lowest BCUT2D eigenvalue weighted by atomic mass is 10.0. The summed E-state index contributed by atoms with van der Waals surface area (Å²) in [6.45, 7) is 4.35. The first-order valence-corrected chi connectivity index (χ1v) is 9.36. The number of ether oxygens (including phenoxy) is 3. The van der Waals surface area contributed by atoms with Gasteiger partial charge in [-0.2, -0.15) is 0 Å². The van der Waals surface area contributed by atoms with Gasteiger partial charge in [0.2, 0.25) is 0 Å². The van der Waals surface area contributed by atoms with Crippen molar-refractivity contribution < 1.29 is 24.1 Å². The molecule has 3 N–H and O–H groups in total. The van der Waals surface area contributed by atoms with E-state index in [9.17, 15) is 9.90 Å². The van der Waals surface area contributed by atoms with Crippen molar-refractivity contribution in [1.82, 2.24) is 9.80 Å². The third kappa shape index (κ3) is 5.55. The smallest absolute Gasteiger partial charge is 0.260 e. The van der Waals surface area contributed by atoms with Gasteiger partial charge in [0.05, 0.1) is 26.4 Å². The summed E-state index contributed by atoms with van der Waals surface area (Å²) in [5, 5.41) is 9.89. The van der Waals surface area contributed by atoms with Gasteiger partial charge in [-0.05, 0) is 24.1 Å². The predicted octanol–water partition coefficient (Wildman–Crippen LogP) is -0.173. The summed E-state index contributed by atoms with van der Waals surface area (Å²) in [4.78, 5) is 16.1. The van der Waals surface area contributed by atoms with Crippen LogP contribution in [0, 0.1) is 0 Å². The molecule has 0 unspecified atom stereocenters. The highest BCUT2D eigenvalue weighted by molar-refractivity contribution is 5.78. The number of benzene rings is 1. The van der Waals surface area contributed by atoms with Crippen LogP contribution in [0.25, 0.3) is 0 Å². The van der Waals surface area contributed by atoms with E-state index >= 15 is 0 Å². The molecule has 1 amide bonds. The van der Waals surface area contributed by atoms with E-state index in [2.05, 4.69) is 4.90 Å². The highest BCUT2D eigenvalue weighted by atomic mass is 16.5. The van der Waals surface area contributed by atoms with Gasteiger partial charge in [-0.25, -0.2) is 0 Å². The van der Waals surface area contributed by atoms with Crippen molar-refractivity contribution >= 4 is 5.91 Å². The van der Waals surface area contributed by atoms with Crippen LogP contribution in [0.4, 0.5) is 0 Å². The average molecular weight is 379 g/mol. The maximum Gasteiger partial charge on any atom is 0.260 e. The lowest BCUT2D eigenvalue weighted by Crippen LogP contribution is -2.48. The zero-order valence-corrected chi connectivity index (χ0v) is 15.8. The fourth-order valence-electron chi connectivity index (χ4n) is 3.56. The van der Waals surface area contributed by atoms with Gasteiger partial charge in [-0.1, -0.05) is 6.07 Å². The Kier molecular flexibility index (Phi) is 6.89. The van der Waals surface area contributed by atoms with Gasteiger partial charge in [0.25, 0.3) is 5.91 Å². The number of carbonyl (C=O) groups excluding carboxylic acids is 1. The first kappa shape index (κ1) is 19.9. The minimum Gasteiger partial charge on any atom is -0.493 e. The molecule has 0 spiro atoms. The van der Waals surface area contributed by atoms with E-state index in [1.165, 1.54) is 0 Å². The van der Waals surface area contributed by atoms with E-state index in [1.807, 2.05) is 18.2 Å². The van der Waals surface area contributed by atoms with Gasteiger partial charge in [0.15, 0.2) is 18.1 Å². The topological polar surface area (TPSA) is 97.5 Å². The fourth-order valence-corrected chi connectivity index (χ4v) is 3.56. The molecule has 8 nitrogen and oxygen atoms in total. The fraction of sp³-hybridized carbons (Fsp3) is 0.632. The van der Waals surface area contributed by atoms with E-state index in [0.717, 1.165) is 12.1 Å². The highest BCUT2D eigenvalue weighted by Gasteiger charge is 2.24. The van der Waals surface area contributed by atoms with E-state index in [4.69, 9.17) is 19.9 Å². The molecule has 2 aliphatic heterocycles. The zero-order chi connectivity index (χ0) is 19.2. The molecule has 0 aromatic heterocycles. The van der Waals surface area contributed by atoms with Crippen molar-refractivity contribution in [3.05, 3.63) is 23.8 Å². The Morgan fingerprint density at radius 1 is 1.30 bits per heavy atom. The summed E-state index contributed by atoms with van der Waals surface area (Å²) >= 11 is 0. The molecule has 1 aromatic rings. The maximum absolute atomic E-state index is 12.2. The van der Waals surface area contributed by atoms with E-state index < -0.39 is 0 Å². The molecule has 0 saturated carbocycles. The third-order valence-corrected chi connectivity index (χ3v) is 4.89. The molecular formula is C19H29N3O5. The van der Waals surface area contributed by atoms with Crippen LogP contribution < -0.4 is 15.2 Å². The summed E-state index contributed by atoms with van der Waals surface area (Å²) < 4.78 is 16.4. The number of piperidine rings is 1. The first-order chi connectivity index (χ1) is 13.0. The second kappa shape index (κ2) is 9.36. The van der Waals surface area contributed by atoms with Crippen molar-refractivity contribution in [2.75, 3.05) is 53.1 Å². The molecule has 2 saturated heterocycles. The number of nitrogens with two attached hydrogens (primary N) is 1. The van der Waals surface area contributed by atoms with Gasteiger partial charge < -0.3 is 30.0 Å². The molecule has 0 bridgehead atoms. The number of aliphatic hydroxyl groups is 1. The zero-order valence-electron chi connectivity index (χ0n) is 15.8. The molecule has 2 atom stereocenters. The minimum atomic E-state index is -0.385.